The van der Waals surface area contributed by atoms with Crippen molar-refractivity contribution in [1.29, 1.82) is 0 Å². The molecular formula is C20H33IN4O3. The standard InChI is InChI=1S/C20H32N4O3.HI/c1-3-22-20(24(2)10-7-16-8-11-26-12-9-16)23-14-17-5-4-6-18(13-17)27-15-19(21)25;/h4-6,13,16H,3,7-12,14-15H2,1-2H3,(H2,21,25)(H,22,23);1H. The lowest BCUT2D eigenvalue weighted by atomic mass is 9.96. The van der Waals surface area contributed by atoms with Crippen molar-refractivity contribution in [2.75, 3.05) is 40.0 Å². The van der Waals surface area contributed by atoms with Gasteiger partial charge in [-0.2, -0.15) is 0 Å². The number of ether oxygens (including phenoxy) is 2. The fourth-order valence-corrected chi connectivity index (χ4v) is 3.04. The first-order chi connectivity index (χ1) is 13.1. The molecule has 1 saturated heterocycles. The maximum absolute atomic E-state index is 10.8. The Labute approximate surface area is 185 Å². The molecule has 1 aliphatic heterocycles. The van der Waals surface area contributed by atoms with Crippen LogP contribution in [0.4, 0.5) is 0 Å². The molecule has 1 aromatic rings. The number of aliphatic imine (C=N–C) groups is 1. The first-order valence-electron chi connectivity index (χ1n) is 9.65. The summed E-state index contributed by atoms with van der Waals surface area (Å²) < 4.78 is 10.8. The van der Waals surface area contributed by atoms with Gasteiger partial charge in [0.15, 0.2) is 12.6 Å². The van der Waals surface area contributed by atoms with E-state index in [1.165, 1.54) is 0 Å². The van der Waals surface area contributed by atoms with Crippen LogP contribution in [0.5, 0.6) is 5.75 Å². The van der Waals surface area contributed by atoms with Gasteiger partial charge in [-0.3, -0.25) is 4.79 Å². The average molecular weight is 504 g/mol. The number of primary amides is 1. The van der Waals surface area contributed by atoms with Gasteiger partial charge < -0.3 is 25.4 Å². The summed E-state index contributed by atoms with van der Waals surface area (Å²) in [7, 11) is 2.08. The van der Waals surface area contributed by atoms with Crippen molar-refractivity contribution in [3.05, 3.63) is 29.8 Å². The Bertz CT molecular complexity index is 621. The van der Waals surface area contributed by atoms with Crippen molar-refractivity contribution in [1.82, 2.24) is 10.2 Å². The van der Waals surface area contributed by atoms with Crippen LogP contribution in [0.1, 0.15) is 31.7 Å². The zero-order chi connectivity index (χ0) is 19.5. The zero-order valence-corrected chi connectivity index (χ0v) is 19.2. The van der Waals surface area contributed by atoms with Crippen molar-refractivity contribution in [3.8, 4) is 5.75 Å². The number of halogens is 1. The quantitative estimate of drug-likeness (QED) is 0.306. The van der Waals surface area contributed by atoms with Gasteiger partial charge >= 0.3 is 0 Å². The van der Waals surface area contributed by atoms with E-state index >= 15 is 0 Å². The van der Waals surface area contributed by atoms with Gasteiger partial charge in [-0.15, -0.1) is 24.0 Å². The zero-order valence-electron chi connectivity index (χ0n) is 16.9. The molecule has 1 heterocycles. The highest BCUT2D eigenvalue weighted by atomic mass is 127. The molecule has 0 aliphatic carbocycles. The molecule has 0 saturated carbocycles. The second kappa shape index (κ2) is 13.6. The fourth-order valence-electron chi connectivity index (χ4n) is 3.04. The van der Waals surface area contributed by atoms with Crippen LogP contribution in [0.15, 0.2) is 29.3 Å². The molecule has 1 aliphatic rings. The van der Waals surface area contributed by atoms with E-state index in [4.69, 9.17) is 20.2 Å². The van der Waals surface area contributed by atoms with Gasteiger partial charge in [0.05, 0.1) is 6.54 Å². The minimum atomic E-state index is -0.487. The van der Waals surface area contributed by atoms with E-state index < -0.39 is 5.91 Å². The summed E-state index contributed by atoms with van der Waals surface area (Å²) in [5, 5.41) is 3.35. The van der Waals surface area contributed by atoms with Crippen LogP contribution in [0.3, 0.4) is 0 Å². The maximum atomic E-state index is 10.8. The molecule has 2 rings (SSSR count). The first-order valence-corrected chi connectivity index (χ1v) is 9.65. The minimum absolute atomic E-state index is 0. The summed E-state index contributed by atoms with van der Waals surface area (Å²) in [4.78, 5) is 17.8. The molecule has 1 amide bonds. The molecule has 0 aromatic heterocycles. The van der Waals surface area contributed by atoms with Crippen LogP contribution >= 0.6 is 24.0 Å². The third-order valence-electron chi connectivity index (χ3n) is 4.60. The van der Waals surface area contributed by atoms with Crippen molar-refractivity contribution in [2.24, 2.45) is 16.6 Å². The topological polar surface area (TPSA) is 89.2 Å². The van der Waals surface area contributed by atoms with Gasteiger partial charge in [0.1, 0.15) is 5.75 Å². The second-order valence-electron chi connectivity index (χ2n) is 6.84. The van der Waals surface area contributed by atoms with E-state index in [1.807, 2.05) is 18.2 Å². The predicted octanol–water partition coefficient (Wildman–Crippen LogP) is 2.38. The molecule has 1 aromatic carbocycles. The monoisotopic (exact) mass is 504 g/mol. The van der Waals surface area contributed by atoms with Crippen molar-refractivity contribution >= 4 is 35.8 Å². The fraction of sp³-hybridized carbons (Fsp3) is 0.600. The van der Waals surface area contributed by atoms with Gasteiger partial charge in [0.2, 0.25) is 0 Å². The van der Waals surface area contributed by atoms with E-state index in [1.54, 1.807) is 6.07 Å². The lowest BCUT2D eigenvalue weighted by Gasteiger charge is -2.26. The number of nitrogens with two attached hydrogens (primary N) is 1. The molecule has 158 valence electrons. The Morgan fingerprint density at radius 1 is 1.39 bits per heavy atom. The molecule has 0 unspecified atom stereocenters. The Balaban J connectivity index is 0.00000392. The van der Waals surface area contributed by atoms with Gasteiger partial charge in [-0.25, -0.2) is 4.99 Å². The molecule has 3 N–H and O–H groups in total. The number of rotatable bonds is 9. The number of nitrogens with one attached hydrogen (secondary N) is 1. The molecule has 7 nitrogen and oxygen atoms in total. The number of hydrogen-bond acceptors (Lipinski definition) is 4. The van der Waals surface area contributed by atoms with Crippen molar-refractivity contribution in [2.45, 2.75) is 32.7 Å². The number of benzene rings is 1. The van der Waals surface area contributed by atoms with E-state index in [2.05, 4.69) is 24.2 Å². The van der Waals surface area contributed by atoms with Crippen LogP contribution in [-0.4, -0.2) is 56.7 Å². The van der Waals surface area contributed by atoms with E-state index in [9.17, 15) is 4.79 Å². The van der Waals surface area contributed by atoms with Crippen molar-refractivity contribution < 1.29 is 14.3 Å². The van der Waals surface area contributed by atoms with E-state index in [-0.39, 0.29) is 30.6 Å². The Morgan fingerprint density at radius 2 is 2.14 bits per heavy atom. The normalized spacial score (nSPS) is 14.9. The van der Waals surface area contributed by atoms with Crippen LogP contribution < -0.4 is 15.8 Å². The summed E-state index contributed by atoms with van der Waals surface area (Å²) >= 11 is 0. The Hall–Kier alpha value is -1.55. The molecule has 0 atom stereocenters. The molecule has 8 heteroatoms. The lowest BCUT2D eigenvalue weighted by Crippen LogP contribution is -2.40. The van der Waals surface area contributed by atoms with Gasteiger partial charge in [0, 0.05) is 33.4 Å². The van der Waals surface area contributed by atoms with Crippen LogP contribution in [0.2, 0.25) is 0 Å². The third-order valence-corrected chi connectivity index (χ3v) is 4.60. The Morgan fingerprint density at radius 3 is 2.82 bits per heavy atom. The summed E-state index contributed by atoms with van der Waals surface area (Å²) in [5.41, 5.74) is 6.14. The molecule has 1 fully saturated rings. The lowest BCUT2D eigenvalue weighted by molar-refractivity contribution is -0.119. The molecular weight excluding hydrogens is 471 g/mol. The largest absolute Gasteiger partial charge is 0.484 e. The molecule has 28 heavy (non-hydrogen) atoms. The number of amides is 1. The second-order valence-corrected chi connectivity index (χ2v) is 6.84. The van der Waals surface area contributed by atoms with Crippen molar-refractivity contribution in [3.63, 3.8) is 0 Å². The highest BCUT2D eigenvalue weighted by molar-refractivity contribution is 14.0. The van der Waals surface area contributed by atoms with E-state index in [0.717, 1.165) is 63.0 Å². The predicted molar refractivity (Wildman–Crippen MR) is 122 cm³/mol. The van der Waals surface area contributed by atoms with Crippen LogP contribution in [0.25, 0.3) is 0 Å². The average Bonchev–Trinajstić information content (AvgIpc) is 2.69. The smallest absolute Gasteiger partial charge is 0.255 e. The number of guanidine groups is 1. The van der Waals surface area contributed by atoms with Gasteiger partial charge in [0.25, 0.3) is 5.91 Å². The first kappa shape index (κ1) is 24.5. The summed E-state index contributed by atoms with van der Waals surface area (Å²) in [6.07, 6.45) is 3.46. The highest BCUT2D eigenvalue weighted by Crippen LogP contribution is 2.18. The number of carbonyl (C=O) groups is 1. The minimum Gasteiger partial charge on any atom is -0.484 e. The molecule has 0 bridgehead atoms. The molecule has 0 spiro atoms. The summed E-state index contributed by atoms with van der Waals surface area (Å²) in [6, 6.07) is 7.58. The van der Waals surface area contributed by atoms with Gasteiger partial charge in [-0.1, -0.05) is 12.1 Å². The number of hydrogen-bond donors (Lipinski definition) is 2. The number of nitrogens with zero attached hydrogens (tertiary/aromatic N) is 2. The van der Waals surface area contributed by atoms with Crippen LogP contribution in [0, 0.1) is 5.92 Å². The molecule has 0 radical (unpaired) electrons. The number of carbonyl (C=O) groups excluding carboxylic acids is 1. The summed E-state index contributed by atoms with van der Waals surface area (Å²) in [5.74, 6) is 1.77. The SMILES string of the molecule is CCNC(=NCc1cccc(OCC(N)=O)c1)N(C)CCC1CCOCC1.I. The van der Waals surface area contributed by atoms with Crippen LogP contribution in [-0.2, 0) is 16.1 Å². The van der Waals surface area contributed by atoms with E-state index in [0.29, 0.717) is 12.3 Å². The highest BCUT2D eigenvalue weighted by Gasteiger charge is 2.15. The Kier molecular flexibility index (Phi) is 11.9. The maximum Gasteiger partial charge on any atom is 0.255 e. The third kappa shape index (κ3) is 9.09. The summed E-state index contributed by atoms with van der Waals surface area (Å²) in [6.45, 7) is 6.05. The van der Waals surface area contributed by atoms with Gasteiger partial charge in [-0.05, 0) is 49.8 Å².